The van der Waals surface area contributed by atoms with Gasteiger partial charge in [0.15, 0.2) is 0 Å². The fraction of sp³-hybridized carbons (Fsp3) is 0.538. The molecule has 0 radical (unpaired) electrons. The quantitative estimate of drug-likeness (QED) is 0.0927. The topological polar surface area (TPSA) is 6.48 Å². The maximum atomic E-state index is 6.18. The molecule has 3 saturated heterocycles. The van der Waals surface area contributed by atoms with E-state index in [4.69, 9.17) is 48.9 Å². The van der Waals surface area contributed by atoms with E-state index in [-0.39, 0.29) is 17.0 Å². The zero-order valence-corrected chi connectivity index (χ0v) is 34.3. The minimum atomic E-state index is -0.190. The van der Waals surface area contributed by atoms with Crippen LogP contribution in [0, 0.1) is 11.8 Å². The number of hydrogen-bond acceptors (Lipinski definition) is 7. The highest BCUT2D eigenvalue weighted by Gasteiger charge is 2.47. The molecule has 3 heterocycles. The van der Waals surface area contributed by atoms with E-state index in [1.165, 1.54) is 59.0 Å². The van der Waals surface area contributed by atoms with Crippen LogP contribution in [0.5, 0.6) is 0 Å². The molecular weight excluding hydrogens is 721 g/mol. The first-order valence-corrected chi connectivity index (χ1v) is 22.3. The van der Waals surface area contributed by atoms with Gasteiger partial charge in [-0.3, -0.25) is 0 Å². The normalized spacial score (nSPS) is 24.3. The Bertz CT molecular complexity index is 1450. The van der Waals surface area contributed by atoms with Crippen molar-refractivity contribution < 1.29 is 0 Å². The molecule has 3 aliphatic rings. The first kappa shape index (κ1) is 38.4. The van der Waals surface area contributed by atoms with Gasteiger partial charge in [0.1, 0.15) is 0 Å². The monoisotopic (exact) mass is 770 g/mol. The molecule has 2 aromatic carbocycles. The number of likely N-dealkylation sites (tertiary alicyclic amines) is 1. The predicted molar refractivity (Wildman–Crippen MR) is 231 cm³/mol. The van der Waals surface area contributed by atoms with Gasteiger partial charge in [0.2, 0.25) is 0 Å². The molecule has 3 aliphatic heterocycles. The molecule has 0 saturated carbocycles. The van der Waals surface area contributed by atoms with E-state index >= 15 is 0 Å². The van der Waals surface area contributed by atoms with Crippen LogP contribution in [0.25, 0.3) is 0 Å². The van der Waals surface area contributed by atoms with Gasteiger partial charge in [-0.1, -0.05) is 110 Å². The van der Waals surface area contributed by atoms with Crippen molar-refractivity contribution in [1.82, 2.24) is 9.80 Å². The number of fused-ring (bicyclic) bond motifs is 1. The number of benzene rings is 2. The Morgan fingerprint density at radius 2 is 1.56 bits per heavy atom. The highest BCUT2D eigenvalue weighted by Crippen LogP contribution is 2.46. The van der Waals surface area contributed by atoms with Crippen LogP contribution < -0.4 is 0 Å². The molecule has 2 nitrogen and oxygen atoms in total. The zero-order valence-electron chi connectivity index (χ0n) is 28.6. The van der Waals surface area contributed by atoms with E-state index in [0.29, 0.717) is 11.2 Å². The van der Waals surface area contributed by atoms with Crippen molar-refractivity contribution in [1.29, 1.82) is 0 Å². The molecular formula is C39H50N2S7. The molecule has 0 bridgehead atoms. The predicted octanol–water partition coefficient (Wildman–Crippen LogP) is 11.3. The highest BCUT2D eigenvalue weighted by atomic mass is 32.2. The molecule has 48 heavy (non-hydrogen) atoms. The van der Waals surface area contributed by atoms with Crippen molar-refractivity contribution in [2.24, 2.45) is 11.8 Å². The van der Waals surface area contributed by atoms with E-state index in [0.717, 1.165) is 52.8 Å². The van der Waals surface area contributed by atoms with Gasteiger partial charge in [0.05, 0.1) is 26.0 Å². The summed E-state index contributed by atoms with van der Waals surface area (Å²) in [5.74, 6) is 5.47. The van der Waals surface area contributed by atoms with Gasteiger partial charge in [0, 0.05) is 35.9 Å². The molecule has 0 N–H and O–H groups in total. The second kappa shape index (κ2) is 18.1. The number of allylic oxidation sites excluding steroid dienone is 1. The number of thioether (sulfide) groups is 3. The lowest BCUT2D eigenvalue weighted by Crippen LogP contribution is -2.56. The van der Waals surface area contributed by atoms with Crippen LogP contribution in [-0.2, 0) is 11.1 Å². The Labute approximate surface area is 324 Å². The molecule has 2 aromatic rings. The molecule has 5 atom stereocenters. The summed E-state index contributed by atoms with van der Waals surface area (Å²) >= 11 is 29.7. The van der Waals surface area contributed by atoms with E-state index < -0.39 is 0 Å². The molecule has 258 valence electrons. The largest absolute Gasteiger partial charge is 0.359 e. The lowest BCUT2D eigenvalue weighted by Gasteiger charge is -2.49. The van der Waals surface area contributed by atoms with Crippen molar-refractivity contribution in [3.8, 4) is 0 Å². The van der Waals surface area contributed by atoms with Gasteiger partial charge in [0.25, 0.3) is 0 Å². The molecule has 0 spiro atoms. The van der Waals surface area contributed by atoms with Gasteiger partial charge in [-0.2, -0.15) is 23.5 Å². The average Bonchev–Trinajstić information content (AvgIpc) is 3.78. The van der Waals surface area contributed by atoms with Crippen LogP contribution in [0.1, 0.15) is 82.8 Å². The van der Waals surface area contributed by atoms with Gasteiger partial charge >= 0.3 is 0 Å². The first-order chi connectivity index (χ1) is 23.2. The average molecular weight is 771 g/mol. The summed E-state index contributed by atoms with van der Waals surface area (Å²) < 4.78 is 0. The SMILES string of the molecule is CN(C(=S)C1CCS/C1=C/C=S)C(C)(CCCCSCCCCC(C)(c1ccccc1)N1C(=S)CC2SCCC2C1=S)c1ccccc1. The summed E-state index contributed by atoms with van der Waals surface area (Å²) in [5, 5.41) is 2.32. The van der Waals surface area contributed by atoms with Crippen molar-refractivity contribution in [3.05, 3.63) is 82.8 Å². The number of rotatable bonds is 16. The summed E-state index contributed by atoms with van der Waals surface area (Å²) in [4.78, 5) is 9.29. The molecule has 5 unspecified atom stereocenters. The van der Waals surface area contributed by atoms with Gasteiger partial charge in [-0.05, 0) is 110 Å². The summed E-state index contributed by atoms with van der Waals surface area (Å²) in [7, 11) is 2.21. The maximum absolute atomic E-state index is 6.18. The van der Waals surface area contributed by atoms with Crippen LogP contribution in [0.3, 0.4) is 0 Å². The number of nitrogens with zero attached hydrogens (tertiary/aromatic N) is 2. The van der Waals surface area contributed by atoms with E-state index in [1.807, 2.05) is 11.8 Å². The Hall–Kier alpha value is -0.810. The Morgan fingerprint density at radius 1 is 0.917 bits per heavy atom. The second-order valence-electron chi connectivity index (χ2n) is 13.7. The third kappa shape index (κ3) is 8.79. The highest BCUT2D eigenvalue weighted by molar-refractivity contribution is 8.03. The van der Waals surface area contributed by atoms with Crippen molar-refractivity contribution in [2.45, 2.75) is 88.0 Å². The molecule has 0 aliphatic carbocycles. The van der Waals surface area contributed by atoms with Crippen LogP contribution in [0.4, 0.5) is 0 Å². The summed E-state index contributed by atoms with van der Waals surface area (Å²) in [5.41, 5.74) is 2.33. The summed E-state index contributed by atoms with van der Waals surface area (Å²) in [6.07, 6.45) is 12.2. The van der Waals surface area contributed by atoms with Crippen molar-refractivity contribution in [2.75, 3.05) is 30.1 Å². The molecule has 5 rings (SSSR count). The Morgan fingerprint density at radius 3 is 2.23 bits per heavy atom. The van der Waals surface area contributed by atoms with E-state index in [1.54, 1.807) is 5.37 Å². The van der Waals surface area contributed by atoms with Gasteiger partial charge in [-0.25, -0.2) is 0 Å². The number of hydrogen-bond donors (Lipinski definition) is 0. The zero-order chi connectivity index (χ0) is 34.1. The van der Waals surface area contributed by atoms with Crippen LogP contribution in [0.15, 0.2) is 71.6 Å². The van der Waals surface area contributed by atoms with Gasteiger partial charge in [-0.15, -0.1) is 11.8 Å². The van der Waals surface area contributed by atoms with E-state index in [9.17, 15) is 0 Å². The smallest absolute Gasteiger partial charge is 0.0878 e. The molecule has 3 fully saturated rings. The number of thiocarbonyl (C=S) groups is 4. The third-order valence-corrected chi connectivity index (χ3v) is 16.0. The van der Waals surface area contributed by atoms with Gasteiger partial charge < -0.3 is 9.80 Å². The number of unbranched alkanes of at least 4 members (excludes halogenated alkanes) is 2. The van der Waals surface area contributed by atoms with Crippen LogP contribution in [-0.4, -0.2) is 65.4 Å². The van der Waals surface area contributed by atoms with Crippen LogP contribution >= 0.6 is 84.2 Å². The summed E-state index contributed by atoms with van der Waals surface area (Å²) in [6.45, 7) is 4.75. The fourth-order valence-corrected chi connectivity index (χ4v) is 13.4. The molecule has 0 aromatic heterocycles. The minimum Gasteiger partial charge on any atom is -0.359 e. The van der Waals surface area contributed by atoms with Crippen molar-refractivity contribution >= 4 is 104 Å². The Balaban J connectivity index is 1.12. The molecule has 9 heteroatoms. The number of piperidine rings is 1. The van der Waals surface area contributed by atoms with Crippen LogP contribution in [0.2, 0.25) is 0 Å². The lowest BCUT2D eigenvalue weighted by atomic mass is 9.81. The molecule has 0 amide bonds. The van der Waals surface area contributed by atoms with E-state index in [2.05, 4.69) is 121 Å². The maximum Gasteiger partial charge on any atom is 0.0878 e. The fourth-order valence-electron chi connectivity index (χ4n) is 7.63. The first-order valence-electron chi connectivity index (χ1n) is 17.4. The second-order valence-corrected chi connectivity index (χ2v) is 19.0. The third-order valence-electron chi connectivity index (χ3n) is 10.7. The lowest BCUT2D eigenvalue weighted by molar-refractivity contribution is 0.206. The minimum absolute atomic E-state index is 0.145. The summed E-state index contributed by atoms with van der Waals surface area (Å²) in [6, 6.07) is 21.9. The standard InChI is InChI=1S/C39H50N2S7/c1-38(29-14-6-4-7-15-29,40(3)36(44)31-19-26-47-33(31)18-23-42)21-10-12-24-46-25-13-11-22-39(2,30-16-8-5-9-17-30)41-35(43)28-34-32(37(41)45)20-27-48-34/h4-9,14-18,23,31-32,34H,10-13,19-22,24-28H2,1-3H3/b33-18+. The van der Waals surface area contributed by atoms with Crippen molar-refractivity contribution in [3.63, 3.8) is 0 Å². The Kier molecular flexibility index (Phi) is 14.5.